The second kappa shape index (κ2) is 11.0. The molecule has 1 aromatic heterocycles. The van der Waals surface area contributed by atoms with Gasteiger partial charge in [0.25, 0.3) is 0 Å². The Bertz CT molecular complexity index is 1710. The summed E-state index contributed by atoms with van der Waals surface area (Å²) in [6, 6.07) is 17.8. The summed E-state index contributed by atoms with van der Waals surface area (Å²) >= 11 is 6.45. The zero-order valence-electron chi connectivity index (χ0n) is 22.5. The molecule has 10 heteroatoms. The second-order valence-electron chi connectivity index (χ2n) is 10.8. The van der Waals surface area contributed by atoms with Crippen molar-refractivity contribution in [2.24, 2.45) is 13.0 Å². The molecule has 212 valence electrons. The summed E-state index contributed by atoms with van der Waals surface area (Å²) in [6.07, 6.45) is 6.50. The van der Waals surface area contributed by atoms with Crippen LogP contribution in [0.2, 0.25) is 5.02 Å². The van der Waals surface area contributed by atoms with Crippen LogP contribution in [0.3, 0.4) is 0 Å². The lowest BCUT2D eigenvalue weighted by Crippen LogP contribution is -2.34. The van der Waals surface area contributed by atoms with Gasteiger partial charge in [-0.3, -0.25) is 4.79 Å². The number of halogens is 2. The van der Waals surface area contributed by atoms with Gasteiger partial charge in [-0.05, 0) is 90.8 Å². The number of fused-ring (bicyclic) bond motifs is 1. The average Bonchev–Trinajstić information content (AvgIpc) is 3.65. The van der Waals surface area contributed by atoms with Crippen molar-refractivity contribution < 1.29 is 17.6 Å². The highest BCUT2D eigenvalue weighted by molar-refractivity contribution is 7.89. The van der Waals surface area contributed by atoms with Crippen LogP contribution in [0.5, 0.6) is 0 Å². The SMILES string of the molecule is Cn1ccnc1CN(C(=O)[C@@H]1C[C@@H]1c1ccccc1Cl)c1ccc2c(c1)[C@@H](NS(=O)(=O)c1ccc(F)cc1)CCC2. The number of nitrogens with zero attached hydrogens (tertiary/aromatic N) is 3. The number of aryl methyl sites for hydroxylation is 2. The summed E-state index contributed by atoms with van der Waals surface area (Å²) in [5.41, 5.74) is 3.55. The molecule has 41 heavy (non-hydrogen) atoms. The number of carbonyl (C=O) groups is 1. The van der Waals surface area contributed by atoms with Gasteiger partial charge in [0.15, 0.2) is 0 Å². The predicted molar refractivity (Wildman–Crippen MR) is 156 cm³/mol. The molecule has 6 rings (SSSR count). The first kappa shape index (κ1) is 27.6. The number of hydrogen-bond donors (Lipinski definition) is 1. The standard InChI is InChI=1S/C31H30ClFN4O3S/c1-36-16-15-34-30(36)19-37(31(38)27-18-26(27)24-6-2-3-7-28(24)32)22-12-9-20-5-4-8-29(25(20)17-22)35-41(39,40)23-13-10-21(33)11-14-23/h2-3,6-7,9-17,26-27,29,35H,4-5,8,18-19H2,1H3/t26-,27-,29+/m1/s1. The number of sulfonamides is 1. The minimum Gasteiger partial charge on any atom is -0.337 e. The van der Waals surface area contributed by atoms with Crippen LogP contribution in [0.1, 0.15) is 53.7 Å². The predicted octanol–water partition coefficient (Wildman–Crippen LogP) is 5.91. The lowest BCUT2D eigenvalue weighted by molar-refractivity contribution is -0.120. The molecule has 0 aliphatic heterocycles. The van der Waals surface area contributed by atoms with Crippen molar-refractivity contribution in [1.82, 2.24) is 14.3 Å². The Morgan fingerprint density at radius 1 is 1.12 bits per heavy atom. The van der Waals surface area contributed by atoms with Gasteiger partial charge in [0.05, 0.1) is 11.4 Å². The molecule has 1 fully saturated rings. The van der Waals surface area contributed by atoms with Crippen LogP contribution < -0.4 is 9.62 Å². The summed E-state index contributed by atoms with van der Waals surface area (Å²) in [5.74, 6) is 0.0603. The number of hydrogen-bond acceptors (Lipinski definition) is 4. The Morgan fingerprint density at radius 2 is 1.90 bits per heavy atom. The van der Waals surface area contributed by atoms with Gasteiger partial charge in [-0.25, -0.2) is 22.5 Å². The van der Waals surface area contributed by atoms with Gasteiger partial charge in [-0.1, -0.05) is 35.9 Å². The lowest BCUT2D eigenvalue weighted by Gasteiger charge is -2.29. The average molecular weight is 593 g/mol. The van der Waals surface area contributed by atoms with E-state index in [0.29, 0.717) is 23.6 Å². The first-order valence-electron chi connectivity index (χ1n) is 13.6. The fraction of sp³-hybridized carbons (Fsp3) is 0.290. The molecule has 2 aliphatic rings. The van der Waals surface area contributed by atoms with E-state index < -0.39 is 21.9 Å². The van der Waals surface area contributed by atoms with Crippen molar-refractivity contribution in [2.45, 2.75) is 49.1 Å². The molecular weight excluding hydrogens is 563 g/mol. The zero-order chi connectivity index (χ0) is 28.7. The largest absolute Gasteiger partial charge is 0.337 e. The third kappa shape index (κ3) is 5.66. The first-order chi connectivity index (χ1) is 19.7. The van der Waals surface area contributed by atoms with Crippen molar-refractivity contribution >= 4 is 33.2 Å². The molecule has 0 bridgehead atoms. The molecule has 4 aromatic rings. The van der Waals surface area contributed by atoms with Gasteiger partial charge in [-0.2, -0.15) is 0 Å². The highest BCUT2D eigenvalue weighted by atomic mass is 35.5. The van der Waals surface area contributed by atoms with Crippen molar-refractivity contribution in [3.05, 3.63) is 112 Å². The van der Waals surface area contributed by atoms with Crippen LogP contribution in [-0.2, 0) is 34.8 Å². The number of imidazole rings is 1. The topological polar surface area (TPSA) is 84.3 Å². The molecule has 0 radical (unpaired) electrons. The molecule has 1 saturated carbocycles. The molecular formula is C31H30ClFN4O3S. The van der Waals surface area contributed by atoms with Crippen LogP contribution in [0.25, 0.3) is 0 Å². The molecule has 3 aromatic carbocycles. The third-order valence-electron chi connectivity index (χ3n) is 8.08. The first-order valence-corrected chi connectivity index (χ1v) is 15.5. The normalized spacial score (nSPS) is 19.9. The van der Waals surface area contributed by atoms with Crippen molar-refractivity contribution in [2.75, 3.05) is 4.90 Å². The monoisotopic (exact) mass is 592 g/mol. The molecule has 1 amide bonds. The highest BCUT2D eigenvalue weighted by Gasteiger charge is 2.47. The van der Waals surface area contributed by atoms with Crippen LogP contribution in [0, 0.1) is 11.7 Å². The Kier molecular flexibility index (Phi) is 7.44. The van der Waals surface area contributed by atoms with Gasteiger partial charge in [-0.15, -0.1) is 0 Å². The Hall–Kier alpha value is -3.53. The Balaban J connectivity index is 1.32. The number of anilines is 1. The smallest absolute Gasteiger partial charge is 0.241 e. The number of amides is 1. The van der Waals surface area contributed by atoms with E-state index >= 15 is 0 Å². The van der Waals surface area contributed by atoms with Crippen molar-refractivity contribution in [3.63, 3.8) is 0 Å². The number of nitrogens with one attached hydrogen (secondary N) is 1. The maximum atomic E-state index is 14.0. The molecule has 0 spiro atoms. The number of benzene rings is 3. The molecule has 1 heterocycles. The summed E-state index contributed by atoms with van der Waals surface area (Å²) in [7, 11) is -1.99. The number of rotatable bonds is 8. The molecule has 0 saturated heterocycles. The fourth-order valence-corrected chi connectivity index (χ4v) is 7.25. The van der Waals surface area contributed by atoms with E-state index in [0.717, 1.165) is 47.5 Å². The molecule has 3 atom stereocenters. The van der Waals surface area contributed by atoms with E-state index in [1.165, 1.54) is 12.1 Å². The minimum absolute atomic E-state index is 0.00751. The van der Waals surface area contributed by atoms with Crippen molar-refractivity contribution in [1.29, 1.82) is 0 Å². The van der Waals surface area contributed by atoms with Gasteiger partial charge < -0.3 is 9.47 Å². The molecule has 7 nitrogen and oxygen atoms in total. The number of aromatic nitrogens is 2. The minimum atomic E-state index is -3.88. The van der Waals surface area contributed by atoms with Crippen LogP contribution in [-0.4, -0.2) is 23.9 Å². The summed E-state index contributed by atoms with van der Waals surface area (Å²) < 4.78 is 44.5. The van der Waals surface area contributed by atoms with E-state index in [-0.39, 0.29) is 29.2 Å². The van der Waals surface area contributed by atoms with Gasteiger partial charge in [0.2, 0.25) is 15.9 Å². The Morgan fingerprint density at radius 3 is 2.63 bits per heavy atom. The van der Waals surface area contributed by atoms with Crippen molar-refractivity contribution in [3.8, 4) is 0 Å². The highest BCUT2D eigenvalue weighted by Crippen LogP contribution is 2.51. The van der Waals surface area contributed by atoms with Crippen LogP contribution in [0.15, 0.2) is 84.0 Å². The fourth-order valence-electron chi connectivity index (χ4n) is 5.72. The molecule has 2 aliphatic carbocycles. The van der Waals surface area contributed by atoms with E-state index in [1.54, 1.807) is 11.1 Å². The second-order valence-corrected chi connectivity index (χ2v) is 12.9. The van der Waals surface area contributed by atoms with Gasteiger partial charge in [0, 0.05) is 42.1 Å². The maximum absolute atomic E-state index is 14.0. The van der Waals surface area contributed by atoms with Gasteiger partial charge >= 0.3 is 0 Å². The van der Waals surface area contributed by atoms with Gasteiger partial charge in [0.1, 0.15) is 11.6 Å². The quantitative estimate of drug-likeness (QED) is 0.276. The maximum Gasteiger partial charge on any atom is 0.241 e. The third-order valence-corrected chi connectivity index (χ3v) is 9.91. The van der Waals surface area contributed by atoms with E-state index in [4.69, 9.17) is 11.6 Å². The van der Waals surface area contributed by atoms with E-state index in [9.17, 15) is 17.6 Å². The van der Waals surface area contributed by atoms with Crippen LogP contribution in [0.4, 0.5) is 10.1 Å². The molecule has 0 unspecified atom stereocenters. The van der Waals surface area contributed by atoms with E-state index in [2.05, 4.69) is 9.71 Å². The summed E-state index contributed by atoms with van der Waals surface area (Å²) in [6.45, 7) is 0.277. The Labute approximate surface area is 244 Å². The summed E-state index contributed by atoms with van der Waals surface area (Å²) in [5, 5.41) is 0.661. The number of carbonyl (C=O) groups excluding carboxylic acids is 1. The van der Waals surface area contributed by atoms with E-state index in [1.807, 2.05) is 60.3 Å². The lowest BCUT2D eigenvalue weighted by atomic mass is 9.87. The zero-order valence-corrected chi connectivity index (χ0v) is 24.1. The summed E-state index contributed by atoms with van der Waals surface area (Å²) in [4.78, 5) is 20.2. The molecule has 1 N–H and O–H groups in total. The van der Waals surface area contributed by atoms with Crippen LogP contribution >= 0.6 is 11.6 Å².